The minimum Gasteiger partial charge on any atom is -0.364 e. The molecule has 0 saturated carbocycles. The highest BCUT2D eigenvalue weighted by Gasteiger charge is 2.14. The minimum atomic E-state index is -0.495. The number of allylic oxidation sites excluding steroid dienone is 5. The van der Waals surface area contributed by atoms with Gasteiger partial charge in [0.2, 0.25) is 0 Å². The Morgan fingerprint density at radius 1 is 1.26 bits per heavy atom. The first-order chi connectivity index (χ1) is 10.9. The van der Waals surface area contributed by atoms with E-state index in [1.54, 1.807) is 25.3 Å². The molecule has 6 heteroatoms. The van der Waals surface area contributed by atoms with Crippen molar-refractivity contribution in [2.75, 3.05) is 7.05 Å². The second kappa shape index (κ2) is 8.85. The van der Waals surface area contributed by atoms with Crippen LogP contribution in [-0.2, 0) is 0 Å². The van der Waals surface area contributed by atoms with Crippen LogP contribution in [0.2, 0.25) is 0 Å². The van der Waals surface area contributed by atoms with Gasteiger partial charge in [-0.05, 0) is 49.3 Å². The average molecular weight is 333 g/mol. The summed E-state index contributed by atoms with van der Waals surface area (Å²) in [7, 11) is 1.62. The molecule has 0 spiro atoms. The summed E-state index contributed by atoms with van der Waals surface area (Å²) in [5.41, 5.74) is 7.57. The number of amides is 1. The van der Waals surface area contributed by atoms with Gasteiger partial charge in [-0.15, -0.1) is 0 Å². The molecule has 3 N–H and O–H groups in total. The van der Waals surface area contributed by atoms with E-state index in [1.165, 1.54) is 12.1 Å². The molecule has 0 bridgehead atoms. The zero-order valence-electron chi connectivity index (χ0n) is 13.4. The van der Waals surface area contributed by atoms with Gasteiger partial charge in [0.05, 0.1) is 5.56 Å². The molecule has 1 rings (SSSR count). The lowest BCUT2D eigenvalue weighted by Gasteiger charge is -2.13. The van der Waals surface area contributed by atoms with Crippen LogP contribution < -0.4 is 16.2 Å². The van der Waals surface area contributed by atoms with E-state index >= 15 is 0 Å². The van der Waals surface area contributed by atoms with Gasteiger partial charge < -0.3 is 5.32 Å². The molecule has 0 aliphatic rings. The molecule has 1 aromatic rings. The third-order valence-corrected chi connectivity index (χ3v) is 3.10. The van der Waals surface area contributed by atoms with Crippen molar-refractivity contribution in [2.45, 2.75) is 13.8 Å². The molecule has 0 aliphatic carbocycles. The zero-order chi connectivity index (χ0) is 17.4. The number of thiocarbonyl (C=S) groups is 1. The maximum atomic E-state index is 13.6. The van der Waals surface area contributed by atoms with Crippen molar-refractivity contribution in [3.8, 4) is 0 Å². The number of rotatable bonds is 4. The number of hydrogen-bond donors (Lipinski definition) is 3. The van der Waals surface area contributed by atoms with Crippen LogP contribution in [0.3, 0.4) is 0 Å². The highest BCUT2D eigenvalue weighted by molar-refractivity contribution is 7.80. The van der Waals surface area contributed by atoms with E-state index in [2.05, 4.69) is 22.7 Å². The van der Waals surface area contributed by atoms with E-state index in [9.17, 15) is 9.18 Å². The molecule has 0 atom stereocenters. The summed E-state index contributed by atoms with van der Waals surface area (Å²) >= 11 is 4.89. The molecule has 23 heavy (non-hydrogen) atoms. The van der Waals surface area contributed by atoms with Crippen LogP contribution in [0.25, 0.3) is 5.57 Å². The Kier molecular flexibility index (Phi) is 7.15. The number of nitrogens with one attached hydrogen (secondary N) is 3. The Hall–Kier alpha value is -2.47. The van der Waals surface area contributed by atoms with Gasteiger partial charge in [-0.3, -0.25) is 15.6 Å². The summed E-state index contributed by atoms with van der Waals surface area (Å²) in [4.78, 5) is 12.3. The first kappa shape index (κ1) is 18.6. The lowest BCUT2D eigenvalue weighted by molar-refractivity contribution is 0.0943. The number of benzene rings is 1. The van der Waals surface area contributed by atoms with Crippen LogP contribution >= 0.6 is 12.2 Å². The van der Waals surface area contributed by atoms with Crippen molar-refractivity contribution in [3.63, 3.8) is 0 Å². The second-order valence-electron chi connectivity index (χ2n) is 4.93. The van der Waals surface area contributed by atoms with Gasteiger partial charge in [0, 0.05) is 7.05 Å². The van der Waals surface area contributed by atoms with Crippen LogP contribution in [0.1, 0.15) is 29.8 Å². The molecule has 0 heterocycles. The molecule has 0 aromatic heterocycles. The van der Waals surface area contributed by atoms with Gasteiger partial charge in [-0.25, -0.2) is 4.39 Å². The fraction of sp³-hybridized carbons (Fsp3) is 0.176. The monoisotopic (exact) mass is 333 g/mol. The van der Waals surface area contributed by atoms with E-state index < -0.39 is 11.7 Å². The zero-order valence-corrected chi connectivity index (χ0v) is 14.2. The molecule has 122 valence electrons. The summed E-state index contributed by atoms with van der Waals surface area (Å²) in [6.07, 6.45) is 5.29. The van der Waals surface area contributed by atoms with Gasteiger partial charge in [0.1, 0.15) is 5.82 Å². The Morgan fingerprint density at radius 2 is 1.96 bits per heavy atom. The fourth-order valence-electron chi connectivity index (χ4n) is 1.85. The van der Waals surface area contributed by atoms with Gasteiger partial charge in [0.25, 0.3) is 5.91 Å². The largest absolute Gasteiger partial charge is 0.364 e. The number of halogens is 1. The number of carbonyl (C=O) groups excluding carboxylic acids is 1. The molecule has 4 nitrogen and oxygen atoms in total. The van der Waals surface area contributed by atoms with Crippen LogP contribution in [-0.4, -0.2) is 18.1 Å². The van der Waals surface area contributed by atoms with Crippen molar-refractivity contribution < 1.29 is 9.18 Å². The van der Waals surface area contributed by atoms with E-state index in [4.69, 9.17) is 12.2 Å². The van der Waals surface area contributed by atoms with E-state index in [0.29, 0.717) is 5.56 Å². The summed E-state index contributed by atoms with van der Waals surface area (Å²) in [5.74, 6) is -0.987. The summed E-state index contributed by atoms with van der Waals surface area (Å²) in [6.45, 7) is 7.55. The topological polar surface area (TPSA) is 53.2 Å². The van der Waals surface area contributed by atoms with Crippen molar-refractivity contribution >= 4 is 28.8 Å². The lowest BCUT2D eigenvalue weighted by atomic mass is 9.97. The maximum Gasteiger partial charge on any atom is 0.270 e. The quantitative estimate of drug-likeness (QED) is 0.450. The van der Waals surface area contributed by atoms with Crippen LogP contribution in [0, 0.1) is 5.82 Å². The lowest BCUT2D eigenvalue weighted by Crippen LogP contribution is -2.45. The van der Waals surface area contributed by atoms with E-state index in [1.807, 2.05) is 19.9 Å². The number of carbonyl (C=O) groups is 1. The van der Waals surface area contributed by atoms with Crippen LogP contribution in [0.4, 0.5) is 4.39 Å². The number of hydrazine groups is 1. The maximum absolute atomic E-state index is 13.6. The molecule has 0 unspecified atom stereocenters. The highest BCUT2D eigenvalue weighted by Crippen LogP contribution is 2.23. The summed E-state index contributed by atoms with van der Waals surface area (Å²) < 4.78 is 13.6. The predicted octanol–water partition coefficient (Wildman–Crippen LogP) is 3.10. The first-order valence-electron chi connectivity index (χ1n) is 6.94. The standard InChI is InChI=1S/C17H20FN3OS/c1-5-6-12(9-11(2)3)14-8-7-13(18)10-15(14)16(22)20-21-17(23)19-4/h5-10H,1H2,2-4H3,(H,20,22)(H2,19,21,23)/b12-6+. The van der Waals surface area contributed by atoms with Crippen molar-refractivity contribution in [2.24, 2.45) is 0 Å². The van der Waals surface area contributed by atoms with Gasteiger partial charge in [-0.2, -0.15) is 0 Å². The Labute approximate surface area is 141 Å². The van der Waals surface area contributed by atoms with Gasteiger partial charge in [0.15, 0.2) is 5.11 Å². The third-order valence-electron chi connectivity index (χ3n) is 2.80. The third kappa shape index (κ3) is 5.67. The molecule has 0 fully saturated rings. The Morgan fingerprint density at radius 3 is 2.52 bits per heavy atom. The number of hydrogen-bond acceptors (Lipinski definition) is 2. The smallest absolute Gasteiger partial charge is 0.270 e. The molecule has 0 aliphatic heterocycles. The molecule has 0 radical (unpaired) electrons. The normalized spacial score (nSPS) is 10.5. The summed E-state index contributed by atoms with van der Waals surface area (Å²) in [5, 5.41) is 2.92. The van der Waals surface area contributed by atoms with Gasteiger partial charge >= 0.3 is 0 Å². The SMILES string of the molecule is C=C/C=C(\C=C(C)C)c1ccc(F)cc1C(=O)NNC(=S)NC. The molecular weight excluding hydrogens is 313 g/mol. The van der Waals surface area contributed by atoms with E-state index in [0.717, 1.165) is 11.1 Å². The molecular formula is C17H20FN3OS. The Bertz CT molecular complexity index is 676. The minimum absolute atomic E-state index is 0.196. The van der Waals surface area contributed by atoms with Crippen LogP contribution in [0.15, 0.2) is 48.6 Å². The predicted molar refractivity (Wildman–Crippen MR) is 96.3 cm³/mol. The first-order valence-corrected chi connectivity index (χ1v) is 7.35. The molecule has 1 aromatic carbocycles. The van der Waals surface area contributed by atoms with Crippen molar-refractivity contribution in [3.05, 3.63) is 65.5 Å². The van der Waals surface area contributed by atoms with Gasteiger partial charge in [-0.1, -0.05) is 36.4 Å². The Balaban J connectivity index is 3.26. The van der Waals surface area contributed by atoms with Crippen LogP contribution in [0.5, 0.6) is 0 Å². The van der Waals surface area contributed by atoms with E-state index in [-0.39, 0.29) is 10.7 Å². The molecule has 1 amide bonds. The van der Waals surface area contributed by atoms with Crippen molar-refractivity contribution in [1.82, 2.24) is 16.2 Å². The second-order valence-corrected chi connectivity index (χ2v) is 5.34. The highest BCUT2D eigenvalue weighted by atomic mass is 32.1. The average Bonchev–Trinajstić information content (AvgIpc) is 2.51. The summed E-state index contributed by atoms with van der Waals surface area (Å²) in [6, 6.07) is 4.06. The fourth-order valence-corrected chi connectivity index (χ4v) is 1.90. The molecule has 0 saturated heterocycles. The van der Waals surface area contributed by atoms with Crippen molar-refractivity contribution in [1.29, 1.82) is 0 Å².